The summed E-state index contributed by atoms with van der Waals surface area (Å²) in [5.41, 5.74) is -0.556. The largest absolute Gasteiger partial charge is 0.433 e. The molecule has 0 bridgehead atoms. The zero-order chi connectivity index (χ0) is 13.9. The van der Waals surface area contributed by atoms with Gasteiger partial charge in [0.1, 0.15) is 11.8 Å². The summed E-state index contributed by atoms with van der Waals surface area (Å²) < 4.78 is 50.7. The highest BCUT2D eigenvalue weighted by atomic mass is 35.7. The molecule has 1 rings (SSSR count). The molecule has 0 fully saturated rings. The average Bonchev–Trinajstić information content (AvgIpc) is 2.25. The molecule has 0 saturated carbocycles. The van der Waals surface area contributed by atoms with E-state index in [1.165, 1.54) is 0 Å². The van der Waals surface area contributed by atoms with Crippen molar-refractivity contribution in [2.75, 3.05) is 0 Å². The summed E-state index contributed by atoms with van der Waals surface area (Å²) in [5, 5.41) is 8.86. The van der Waals surface area contributed by atoms with Crippen LogP contribution in [0.25, 0.3) is 0 Å². The second kappa shape index (κ2) is 5.69. The molecule has 0 unspecified atom stereocenters. The first kappa shape index (κ1) is 15.0. The number of rotatable bonds is 4. The molecule has 0 aromatic heterocycles. The molecule has 98 valence electrons. The normalized spacial score (nSPS) is 11.3. The van der Waals surface area contributed by atoms with Crippen LogP contribution in [-0.4, -0.2) is 15.0 Å². The number of halogens is 4. The zero-order valence-electron chi connectivity index (χ0n) is 8.53. The van der Waals surface area contributed by atoms with Crippen LogP contribution < -0.4 is 4.74 Å². The number of hydrogen-bond donors (Lipinski definition) is 0. The summed E-state index contributed by atoms with van der Waals surface area (Å²) in [6, 6.07) is 3.45. The first-order valence-electron chi connectivity index (χ1n) is 4.32. The lowest BCUT2D eigenvalue weighted by Gasteiger charge is -2.11. The summed E-state index contributed by atoms with van der Waals surface area (Å²) in [4.78, 5) is -0.405. The highest BCUT2D eigenvalue weighted by Crippen LogP contribution is 2.31. The van der Waals surface area contributed by atoms with Crippen molar-refractivity contribution in [1.29, 1.82) is 5.26 Å². The molecular formula is C9H5Cl2F2NO3S. The lowest BCUT2D eigenvalue weighted by molar-refractivity contribution is -0.0501. The molecule has 0 atom stereocenters. The first-order valence-corrected chi connectivity index (χ1v) is 7.17. The molecule has 0 spiro atoms. The number of ether oxygens (including phenoxy) is 1. The third-order valence-electron chi connectivity index (χ3n) is 1.96. The van der Waals surface area contributed by atoms with Crippen LogP contribution in [0.2, 0.25) is 0 Å². The van der Waals surface area contributed by atoms with Crippen molar-refractivity contribution in [2.45, 2.75) is 17.4 Å². The summed E-state index contributed by atoms with van der Waals surface area (Å²) in [7, 11) is 1.01. The van der Waals surface area contributed by atoms with Crippen LogP contribution in [0.15, 0.2) is 17.0 Å². The summed E-state index contributed by atoms with van der Waals surface area (Å²) in [5.74, 6) is -0.836. The van der Waals surface area contributed by atoms with Crippen LogP contribution in [-0.2, 0) is 14.9 Å². The van der Waals surface area contributed by atoms with E-state index in [2.05, 4.69) is 4.74 Å². The van der Waals surface area contributed by atoms with Crippen molar-refractivity contribution in [3.05, 3.63) is 23.3 Å². The molecule has 1 aromatic carbocycles. The molecule has 0 aliphatic carbocycles. The Labute approximate surface area is 111 Å². The smallest absolute Gasteiger partial charge is 0.387 e. The van der Waals surface area contributed by atoms with Crippen molar-refractivity contribution in [2.24, 2.45) is 0 Å². The fraction of sp³-hybridized carbons (Fsp3) is 0.222. The third-order valence-corrected chi connectivity index (χ3v) is 3.63. The predicted octanol–water partition coefficient (Wildman–Crippen LogP) is 2.83. The SMILES string of the molecule is N#Cc1c(OC(F)F)ccc(S(=O)(=O)Cl)c1CCl. The van der Waals surface area contributed by atoms with Crippen molar-refractivity contribution in [3.8, 4) is 11.8 Å². The van der Waals surface area contributed by atoms with Gasteiger partial charge in [-0.05, 0) is 12.1 Å². The Morgan fingerprint density at radius 2 is 2.06 bits per heavy atom. The van der Waals surface area contributed by atoms with E-state index in [1.807, 2.05) is 0 Å². The maximum Gasteiger partial charge on any atom is 0.387 e. The lowest BCUT2D eigenvalue weighted by Crippen LogP contribution is -2.07. The first-order chi connectivity index (χ1) is 8.31. The van der Waals surface area contributed by atoms with Crippen LogP contribution in [0.5, 0.6) is 5.75 Å². The van der Waals surface area contributed by atoms with Gasteiger partial charge in [0, 0.05) is 16.2 Å². The monoisotopic (exact) mass is 315 g/mol. The quantitative estimate of drug-likeness (QED) is 0.633. The van der Waals surface area contributed by atoms with Crippen molar-refractivity contribution in [1.82, 2.24) is 0 Å². The minimum Gasteiger partial charge on any atom is -0.433 e. The van der Waals surface area contributed by atoms with Crippen LogP contribution in [0, 0.1) is 11.3 Å². The Balaban J connectivity index is 3.53. The minimum atomic E-state index is -4.13. The third kappa shape index (κ3) is 3.22. The van der Waals surface area contributed by atoms with Gasteiger partial charge in [0.15, 0.2) is 0 Å². The molecule has 0 heterocycles. The number of nitrogens with zero attached hydrogens (tertiary/aromatic N) is 1. The predicted molar refractivity (Wildman–Crippen MR) is 60.4 cm³/mol. The molecule has 1 aromatic rings. The van der Waals surface area contributed by atoms with E-state index in [9.17, 15) is 17.2 Å². The van der Waals surface area contributed by atoms with Crippen LogP contribution in [0.1, 0.15) is 11.1 Å². The summed E-state index contributed by atoms with van der Waals surface area (Å²) in [6.07, 6.45) is 0. The summed E-state index contributed by atoms with van der Waals surface area (Å²) >= 11 is 5.51. The van der Waals surface area contributed by atoms with Gasteiger partial charge in [0.2, 0.25) is 0 Å². The lowest BCUT2D eigenvalue weighted by atomic mass is 10.1. The van der Waals surface area contributed by atoms with E-state index >= 15 is 0 Å². The zero-order valence-corrected chi connectivity index (χ0v) is 10.9. The Morgan fingerprint density at radius 1 is 1.44 bits per heavy atom. The fourth-order valence-electron chi connectivity index (χ4n) is 1.29. The topological polar surface area (TPSA) is 67.2 Å². The van der Waals surface area contributed by atoms with Crippen LogP contribution in [0.3, 0.4) is 0 Å². The van der Waals surface area contributed by atoms with Gasteiger partial charge in [-0.1, -0.05) is 0 Å². The number of nitriles is 1. The van der Waals surface area contributed by atoms with Gasteiger partial charge in [0.25, 0.3) is 9.05 Å². The van der Waals surface area contributed by atoms with Gasteiger partial charge in [-0.3, -0.25) is 0 Å². The Bertz CT molecular complexity index is 599. The molecule has 0 N–H and O–H groups in total. The maximum atomic E-state index is 12.1. The number of alkyl halides is 3. The summed E-state index contributed by atoms with van der Waals surface area (Å²) in [6.45, 7) is -3.14. The standard InChI is InChI=1S/C9H5Cl2F2NO3S/c10-3-5-6(4-14)7(17-9(12)13)1-2-8(5)18(11,15)16/h1-2,9H,3H2. The highest BCUT2D eigenvalue weighted by Gasteiger charge is 2.22. The van der Waals surface area contributed by atoms with Crippen LogP contribution >= 0.6 is 22.3 Å². The molecule has 9 heteroatoms. The van der Waals surface area contributed by atoms with Crippen molar-refractivity contribution < 1.29 is 21.9 Å². The molecule has 0 aliphatic heterocycles. The van der Waals surface area contributed by atoms with E-state index in [0.717, 1.165) is 12.1 Å². The average molecular weight is 316 g/mol. The van der Waals surface area contributed by atoms with E-state index < -0.39 is 26.3 Å². The fourth-order valence-corrected chi connectivity index (χ4v) is 2.77. The van der Waals surface area contributed by atoms with E-state index in [0.29, 0.717) is 0 Å². The van der Waals surface area contributed by atoms with Gasteiger partial charge in [-0.25, -0.2) is 8.42 Å². The van der Waals surface area contributed by atoms with E-state index in [4.69, 9.17) is 27.5 Å². The Hall–Kier alpha value is -1.10. The Kier molecular flexibility index (Phi) is 4.73. The second-order valence-electron chi connectivity index (χ2n) is 2.98. The molecule has 18 heavy (non-hydrogen) atoms. The minimum absolute atomic E-state index is 0.174. The molecule has 0 saturated heterocycles. The maximum absolute atomic E-state index is 12.1. The van der Waals surface area contributed by atoms with Crippen molar-refractivity contribution >= 4 is 31.3 Å². The van der Waals surface area contributed by atoms with Gasteiger partial charge in [-0.15, -0.1) is 11.6 Å². The van der Waals surface area contributed by atoms with E-state index in [1.54, 1.807) is 6.07 Å². The number of benzene rings is 1. The van der Waals surface area contributed by atoms with Crippen LogP contribution in [0.4, 0.5) is 8.78 Å². The van der Waals surface area contributed by atoms with Gasteiger partial charge < -0.3 is 4.74 Å². The van der Waals surface area contributed by atoms with Gasteiger partial charge in [-0.2, -0.15) is 14.0 Å². The molecule has 0 radical (unpaired) electrons. The van der Waals surface area contributed by atoms with E-state index in [-0.39, 0.29) is 17.0 Å². The Morgan fingerprint density at radius 3 is 2.44 bits per heavy atom. The highest BCUT2D eigenvalue weighted by molar-refractivity contribution is 8.13. The van der Waals surface area contributed by atoms with Crippen molar-refractivity contribution in [3.63, 3.8) is 0 Å². The van der Waals surface area contributed by atoms with Gasteiger partial charge in [0.05, 0.1) is 16.3 Å². The molecule has 0 aliphatic rings. The molecular weight excluding hydrogens is 311 g/mol. The molecule has 0 amide bonds. The second-order valence-corrected chi connectivity index (χ2v) is 5.78. The number of hydrogen-bond acceptors (Lipinski definition) is 4. The molecule has 4 nitrogen and oxygen atoms in total. The van der Waals surface area contributed by atoms with Gasteiger partial charge >= 0.3 is 6.61 Å².